The highest BCUT2D eigenvalue weighted by Gasteiger charge is 2.14. The first-order chi connectivity index (χ1) is 17.4. The average Bonchev–Trinajstić information content (AvgIpc) is 3.12. The molecule has 0 saturated carbocycles. The lowest BCUT2D eigenvalue weighted by Gasteiger charge is -2.11. The Morgan fingerprint density at radius 3 is 2.36 bits per heavy atom. The van der Waals surface area contributed by atoms with Crippen molar-refractivity contribution in [3.05, 3.63) is 130 Å². The summed E-state index contributed by atoms with van der Waals surface area (Å²) in [5.41, 5.74) is 10.2. The van der Waals surface area contributed by atoms with E-state index in [4.69, 9.17) is 11.6 Å². The van der Waals surface area contributed by atoms with Crippen molar-refractivity contribution in [2.24, 2.45) is 0 Å². The van der Waals surface area contributed by atoms with Crippen LogP contribution in [0.2, 0.25) is 5.02 Å². The predicted octanol–water partition coefficient (Wildman–Crippen LogP) is 7.87. The standard InChI is InChI=1S/C32H29ClN2O/c1-21-7-4-5-10-29(21)26-13-11-24(12-14-26)20-35-23(3)22(2)30-18-27(15-16-31(30)35)32(36)34-19-25-8-6-9-28(33)17-25/h4-18H,19-20H2,1-3H3,(H,34,36). The molecule has 0 aliphatic rings. The van der Waals surface area contributed by atoms with Gasteiger partial charge in [0.1, 0.15) is 0 Å². The van der Waals surface area contributed by atoms with Gasteiger partial charge in [0.25, 0.3) is 5.91 Å². The number of rotatable bonds is 6. The molecule has 0 atom stereocenters. The number of aromatic nitrogens is 1. The molecule has 5 rings (SSSR count). The van der Waals surface area contributed by atoms with E-state index in [1.165, 1.54) is 33.5 Å². The Labute approximate surface area is 217 Å². The van der Waals surface area contributed by atoms with Crippen LogP contribution in [0.4, 0.5) is 0 Å². The first-order valence-electron chi connectivity index (χ1n) is 12.2. The summed E-state index contributed by atoms with van der Waals surface area (Å²) in [6.07, 6.45) is 0. The van der Waals surface area contributed by atoms with Crippen molar-refractivity contribution in [2.45, 2.75) is 33.9 Å². The summed E-state index contributed by atoms with van der Waals surface area (Å²) in [7, 11) is 0. The highest BCUT2D eigenvalue weighted by molar-refractivity contribution is 6.30. The molecule has 36 heavy (non-hydrogen) atoms. The summed E-state index contributed by atoms with van der Waals surface area (Å²) in [5.74, 6) is -0.0894. The smallest absolute Gasteiger partial charge is 0.251 e. The molecule has 1 N–H and O–H groups in total. The maximum absolute atomic E-state index is 12.9. The minimum Gasteiger partial charge on any atom is -0.348 e. The summed E-state index contributed by atoms with van der Waals surface area (Å²) >= 11 is 6.06. The lowest BCUT2D eigenvalue weighted by atomic mass is 9.99. The highest BCUT2D eigenvalue weighted by atomic mass is 35.5. The van der Waals surface area contributed by atoms with Crippen LogP contribution in [0.25, 0.3) is 22.0 Å². The zero-order valence-electron chi connectivity index (χ0n) is 20.8. The minimum atomic E-state index is -0.0894. The van der Waals surface area contributed by atoms with E-state index in [2.05, 4.69) is 85.3 Å². The van der Waals surface area contributed by atoms with Crippen LogP contribution >= 0.6 is 11.6 Å². The van der Waals surface area contributed by atoms with E-state index in [0.29, 0.717) is 17.1 Å². The van der Waals surface area contributed by atoms with Gasteiger partial charge in [-0.25, -0.2) is 0 Å². The van der Waals surface area contributed by atoms with Gasteiger partial charge >= 0.3 is 0 Å². The van der Waals surface area contributed by atoms with E-state index in [-0.39, 0.29) is 5.91 Å². The molecule has 0 aliphatic carbocycles. The molecule has 4 heteroatoms. The van der Waals surface area contributed by atoms with Gasteiger partial charge in [-0.2, -0.15) is 0 Å². The van der Waals surface area contributed by atoms with Gasteiger partial charge in [-0.3, -0.25) is 4.79 Å². The van der Waals surface area contributed by atoms with Crippen LogP contribution in [0.3, 0.4) is 0 Å². The SMILES string of the molecule is Cc1ccccc1-c1ccc(Cn2c(C)c(C)c3cc(C(=O)NCc4cccc(Cl)c4)ccc32)cc1. The Balaban J connectivity index is 1.37. The summed E-state index contributed by atoms with van der Waals surface area (Å²) in [4.78, 5) is 12.9. The molecular weight excluding hydrogens is 464 g/mol. The second-order valence-corrected chi connectivity index (χ2v) is 9.79. The van der Waals surface area contributed by atoms with Crippen LogP contribution in [-0.4, -0.2) is 10.5 Å². The number of benzene rings is 4. The zero-order valence-corrected chi connectivity index (χ0v) is 21.6. The second-order valence-electron chi connectivity index (χ2n) is 9.35. The first kappa shape index (κ1) is 23.9. The van der Waals surface area contributed by atoms with Crippen molar-refractivity contribution in [1.82, 2.24) is 9.88 Å². The lowest BCUT2D eigenvalue weighted by molar-refractivity contribution is 0.0951. The van der Waals surface area contributed by atoms with Crippen molar-refractivity contribution >= 4 is 28.4 Å². The number of amides is 1. The third-order valence-electron chi connectivity index (χ3n) is 6.99. The fourth-order valence-corrected chi connectivity index (χ4v) is 5.01. The molecule has 1 aromatic heterocycles. The number of nitrogens with one attached hydrogen (secondary N) is 1. The molecule has 0 radical (unpaired) electrons. The van der Waals surface area contributed by atoms with Crippen LogP contribution in [0.15, 0.2) is 91.0 Å². The number of fused-ring (bicyclic) bond motifs is 1. The normalized spacial score (nSPS) is 11.1. The molecule has 0 bridgehead atoms. The Morgan fingerprint density at radius 1 is 0.833 bits per heavy atom. The van der Waals surface area contributed by atoms with E-state index in [9.17, 15) is 4.79 Å². The molecular formula is C32H29ClN2O. The Kier molecular flexibility index (Phi) is 6.67. The molecule has 1 heterocycles. The Bertz CT molecular complexity index is 1560. The van der Waals surface area contributed by atoms with Gasteiger partial charge in [-0.15, -0.1) is 0 Å². The Hall–Kier alpha value is -3.82. The number of nitrogens with zero attached hydrogens (tertiary/aromatic N) is 1. The summed E-state index contributed by atoms with van der Waals surface area (Å²) in [6, 6.07) is 30.8. The quantitative estimate of drug-likeness (QED) is 0.257. The molecule has 0 unspecified atom stereocenters. The molecule has 0 aliphatic heterocycles. The summed E-state index contributed by atoms with van der Waals surface area (Å²) in [6.45, 7) is 7.64. The van der Waals surface area contributed by atoms with Gasteiger partial charge in [-0.05, 0) is 84.5 Å². The maximum atomic E-state index is 12.9. The molecule has 5 aromatic rings. The summed E-state index contributed by atoms with van der Waals surface area (Å²) in [5, 5.41) is 4.78. The predicted molar refractivity (Wildman–Crippen MR) is 150 cm³/mol. The van der Waals surface area contributed by atoms with Crippen molar-refractivity contribution in [2.75, 3.05) is 0 Å². The van der Waals surface area contributed by atoms with Crippen molar-refractivity contribution in [3.63, 3.8) is 0 Å². The molecule has 3 nitrogen and oxygen atoms in total. The van der Waals surface area contributed by atoms with Crippen molar-refractivity contribution < 1.29 is 4.79 Å². The van der Waals surface area contributed by atoms with Crippen LogP contribution < -0.4 is 5.32 Å². The number of carbonyl (C=O) groups excluding carboxylic acids is 1. The fourth-order valence-electron chi connectivity index (χ4n) is 4.80. The zero-order chi connectivity index (χ0) is 25.2. The number of hydrogen-bond acceptors (Lipinski definition) is 1. The molecule has 4 aromatic carbocycles. The van der Waals surface area contributed by atoms with Gasteiger partial charge in [0.15, 0.2) is 0 Å². The van der Waals surface area contributed by atoms with E-state index >= 15 is 0 Å². The van der Waals surface area contributed by atoms with Gasteiger partial charge in [0.2, 0.25) is 0 Å². The average molecular weight is 493 g/mol. The van der Waals surface area contributed by atoms with Crippen molar-refractivity contribution in [1.29, 1.82) is 0 Å². The number of halogens is 1. The molecule has 1 amide bonds. The van der Waals surface area contributed by atoms with Gasteiger partial charge in [0.05, 0.1) is 0 Å². The fraction of sp³-hybridized carbons (Fsp3) is 0.156. The van der Waals surface area contributed by atoms with Gasteiger partial charge in [-0.1, -0.05) is 72.3 Å². The van der Waals surface area contributed by atoms with Crippen LogP contribution in [0.1, 0.15) is 38.3 Å². The summed E-state index contributed by atoms with van der Waals surface area (Å²) < 4.78 is 2.33. The van der Waals surface area contributed by atoms with Gasteiger partial charge in [0, 0.05) is 40.3 Å². The molecule has 0 spiro atoms. The molecule has 180 valence electrons. The van der Waals surface area contributed by atoms with E-state index in [1.54, 1.807) is 0 Å². The maximum Gasteiger partial charge on any atom is 0.251 e. The molecule has 0 saturated heterocycles. The number of hydrogen-bond donors (Lipinski definition) is 1. The third kappa shape index (κ3) is 4.80. The highest BCUT2D eigenvalue weighted by Crippen LogP contribution is 2.28. The van der Waals surface area contributed by atoms with Crippen LogP contribution in [0.5, 0.6) is 0 Å². The van der Waals surface area contributed by atoms with E-state index in [0.717, 1.165) is 23.0 Å². The van der Waals surface area contributed by atoms with Crippen molar-refractivity contribution in [3.8, 4) is 11.1 Å². The van der Waals surface area contributed by atoms with Crippen LogP contribution in [0, 0.1) is 20.8 Å². The Morgan fingerprint density at radius 2 is 1.61 bits per heavy atom. The largest absolute Gasteiger partial charge is 0.348 e. The van der Waals surface area contributed by atoms with E-state index in [1.807, 2.05) is 36.4 Å². The number of aryl methyl sites for hydroxylation is 2. The topological polar surface area (TPSA) is 34.0 Å². The molecule has 0 fully saturated rings. The lowest BCUT2D eigenvalue weighted by Crippen LogP contribution is -2.22. The minimum absolute atomic E-state index is 0.0894. The second kappa shape index (κ2) is 10.0. The first-order valence-corrected chi connectivity index (χ1v) is 12.6. The monoisotopic (exact) mass is 492 g/mol. The van der Waals surface area contributed by atoms with E-state index < -0.39 is 0 Å². The number of carbonyl (C=O) groups is 1. The van der Waals surface area contributed by atoms with Gasteiger partial charge < -0.3 is 9.88 Å². The van der Waals surface area contributed by atoms with Crippen LogP contribution in [-0.2, 0) is 13.1 Å². The third-order valence-corrected chi connectivity index (χ3v) is 7.23.